The van der Waals surface area contributed by atoms with Crippen molar-refractivity contribution < 1.29 is 18.8 Å². The second-order valence-electron chi connectivity index (χ2n) is 7.63. The average Bonchev–Trinajstić information content (AvgIpc) is 3.12. The molecule has 0 spiro atoms. The van der Waals surface area contributed by atoms with E-state index in [0.29, 0.717) is 17.9 Å². The topological polar surface area (TPSA) is 76.8 Å². The SMILES string of the molecule is Cc1noc(C)c1COc1ccccc1C(=O)Nc1ccc(CN2CCOCC2)cc1. The van der Waals surface area contributed by atoms with Crippen LogP contribution in [0.3, 0.4) is 0 Å². The zero-order chi connectivity index (χ0) is 21.6. The molecule has 1 fully saturated rings. The van der Waals surface area contributed by atoms with Crippen molar-refractivity contribution in [2.75, 3.05) is 31.6 Å². The normalized spacial score (nSPS) is 14.4. The maximum atomic E-state index is 12.9. The first kappa shape index (κ1) is 21.1. The number of nitrogens with one attached hydrogen (secondary N) is 1. The van der Waals surface area contributed by atoms with Gasteiger partial charge in [0.25, 0.3) is 5.91 Å². The van der Waals surface area contributed by atoms with Gasteiger partial charge in [0.05, 0.1) is 30.0 Å². The van der Waals surface area contributed by atoms with Crippen molar-refractivity contribution in [2.24, 2.45) is 0 Å². The van der Waals surface area contributed by atoms with E-state index in [1.807, 2.05) is 50.2 Å². The average molecular weight is 421 g/mol. The molecule has 4 rings (SSSR count). The minimum absolute atomic E-state index is 0.213. The maximum absolute atomic E-state index is 12.9. The number of nitrogens with zero attached hydrogens (tertiary/aromatic N) is 2. The Morgan fingerprint density at radius 2 is 1.84 bits per heavy atom. The Hall–Kier alpha value is -3.16. The molecule has 3 aromatic rings. The molecule has 0 unspecified atom stereocenters. The van der Waals surface area contributed by atoms with Crippen molar-refractivity contribution in [3.05, 3.63) is 76.7 Å². The van der Waals surface area contributed by atoms with Gasteiger partial charge in [-0.05, 0) is 43.7 Å². The van der Waals surface area contributed by atoms with Gasteiger partial charge in [0.15, 0.2) is 0 Å². The van der Waals surface area contributed by atoms with Gasteiger partial charge in [-0.2, -0.15) is 0 Å². The number of hydrogen-bond donors (Lipinski definition) is 1. The summed E-state index contributed by atoms with van der Waals surface area (Å²) in [5, 5.41) is 6.90. The zero-order valence-electron chi connectivity index (χ0n) is 17.9. The molecule has 1 saturated heterocycles. The lowest BCUT2D eigenvalue weighted by Crippen LogP contribution is -2.35. The lowest BCUT2D eigenvalue weighted by atomic mass is 10.1. The summed E-state index contributed by atoms with van der Waals surface area (Å²) < 4.78 is 16.5. The summed E-state index contributed by atoms with van der Waals surface area (Å²) in [4.78, 5) is 15.3. The summed E-state index contributed by atoms with van der Waals surface area (Å²) in [7, 11) is 0. The van der Waals surface area contributed by atoms with Gasteiger partial charge < -0.3 is 19.3 Å². The van der Waals surface area contributed by atoms with Crippen LogP contribution in [0.1, 0.15) is 32.9 Å². The second-order valence-corrected chi connectivity index (χ2v) is 7.63. The van der Waals surface area contributed by atoms with Crippen LogP contribution in [0.5, 0.6) is 5.75 Å². The third-order valence-electron chi connectivity index (χ3n) is 5.41. The zero-order valence-corrected chi connectivity index (χ0v) is 17.9. The largest absolute Gasteiger partial charge is 0.488 e. The van der Waals surface area contributed by atoms with Gasteiger partial charge >= 0.3 is 0 Å². The Labute approximate surface area is 181 Å². The molecule has 2 aromatic carbocycles. The molecule has 1 aliphatic heterocycles. The molecule has 0 atom stereocenters. The van der Waals surface area contributed by atoms with E-state index in [0.717, 1.165) is 55.6 Å². The van der Waals surface area contributed by atoms with E-state index < -0.39 is 0 Å². The molecule has 1 aliphatic rings. The van der Waals surface area contributed by atoms with Crippen LogP contribution in [0.2, 0.25) is 0 Å². The van der Waals surface area contributed by atoms with E-state index in [1.165, 1.54) is 5.56 Å². The van der Waals surface area contributed by atoms with E-state index in [9.17, 15) is 4.79 Å². The fraction of sp³-hybridized carbons (Fsp3) is 0.333. The monoisotopic (exact) mass is 421 g/mol. The first-order valence-electron chi connectivity index (χ1n) is 10.4. The van der Waals surface area contributed by atoms with E-state index in [4.69, 9.17) is 14.0 Å². The summed E-state index contributed by atoms with van der Waals surface area (Å²) >= 11 is 0. The van der Waals surface area contributed by atoms with Crippen molar-refractivity contribution in [1.29, 1.82) is 0 Å². The molecule has 7 nitrogen and oxygen atoms in total. The maximum Gasteiger partial charge on any atom is 0.259 e. The number of hydrogen-bond acceptors (Lipinski definition) is 6. The molecular weight excluding hydrogens is 394 g/mol. The fourth-order valence-corrected chi connectivity index (χ4v) is 3.55. The summed E-state index contributed by atoms with van der Waals surface area (Å²) in [5.41, 5.74) is 4.12. The minimum Gasteiger partial charge on any atom is -0.488 e. The van der Waals surface area contributed by atoms with Crippen LogP contribution in [0.15, 0.2) is 53.1 Å². The fourth-order valence-electron chi connectivity index (χ4n) is 3.55. The van der Waals surface area contributed by atoms with Crippen molar-refractivity contribution in [3.63, 3.8) is 0 Å². The number of aromatic nitrogens is 1. The molecule has 1 aromatic heterocycles. The lowest BCUT2D eigenvalue weighted by Gasteiger charge is -2.26. The van der Waals surface area contributed by atoms with Crippen LogP contribution >= 0.6 is 0 Å². The van der Waals surface area contributed by atoms with Gasteiger partial charge in [-0.25, -0.2) is 0 Å². The van der Waals surface area contributed by atoms with Crippen molar-refractivity contribution in [1.82, 2.24) is 10.1 Å². The molecule has 1 amide bonds. The Bertz CT molecular complexity index is 1000. The molecule has 31 heavy (non-hydrogen) atoms. The van der Waals surface area contributed by atoms with Crippen LogP contribution < -0.4 is 10.1 Å². The van der Waals surface area contributed by atoms with Crippen LogP contribution in [0.25, 0.3) is 0 Å². The first-order valence-corrected chi connectivity index (χ1v) is 10.4. The van der Waals surface area contributed by atoms with Gasteiger partial charge in [0, 0.05) is 25.3 Å². The lowest BCUT2D eigenvalue weighted by molar-refractivity contribution is 0.0342. The highest BCUT2D eigenvalue weighted by Crippen LogP contribution is 2.23. The standard InChI is InChI=1S/C24H27N3O4/c1-17-22(18(2)31-26-17)16-30-23-6-4-3-5-21(23)24(28)25-20-9-7-19(8-10-20)15-27-11-13-29-14-12-27/h3-10H,11-16H2,1-2H3,(H,25,28). The number of carbonyl (C=O) groups is 1. The highest BCUT2D eigenvalue weighted by atomic mass is 16.5. The van der Waals surface area contributed by atoms with E-state index in [-0.39, 0.29) is 5.91 Å². The van der Waals surface area contributed by atoms with Gasteiger partial charge in [-0.1, -0.05) is 29.4 Å². The number of ether oxygens (including phenoxy) is 2. The Morgan fingerprint density at radius 1 is 1.10 bits per heavy atom. The number of anilines is 1. The number of rotatable bonds is 7. The van der Waals surface area contributed by atoms with Crippen molar-refractivity contribution in [3.8, 4) is 5.75 Å². The number of carbonyl (C=O) groups excluding carboxylic acids is 1. The van der Waals surface area contributed by atoms with Gasteiger partial charge in [-0.3, -0.25) is 9.69 Å². The molecule has 1 N–H and O–H groups in total. The Kier molecular flexibility index (Phi) is 6.64. The first-order chi connectivity index (χ1) is 15.1. The Balaban J connectivity index is 1.39. The van der Waals surface area contributed by atoms with Crippen LogP contribution in [-0.2, 0) is 17.9 Å². The highest BCUT2D eigenvalue weighted by Gasteiger charge is 2.15. The quantitative estimate of drug-likeness (QED) is 0.622. The molecule has 7 heteroatoms. The van der Waals surface area contributed by atoms with Gasteiger partial charge in [-0.15, -0.1) is 0 Å². The number of para-hydroxylation sites is 1. The van der Waals surface area contributed by atoms with E-state index >= 15 is 0 Å². The van der Waals surface area contributed by atoms with E-state index in [2.05, 4.69) is 15.4 Å². The van der Waals surface area contributed by atoms with Gasteiger partial charge in [0.1, 0.15) is 18.1 Å². The number of amides is 1. The van der Waals surface area contributed by atoms with Crippen molar-refractivity contribution in [2.45, 2.75) is 27.0 Å². The van der Waals surface area contributed by atoms with Crippen LogP contribution in [-0.4, -0.2) is 42.3 Å². The summed E-state index contributed by atoms with van der Waals surface area (Å²) in [6.07, 6.45) is 0. The third kappa shape index (κ3) is 5.31. The predicted octanol–water partition coefficient (Wildman–Crippen LogP) is 3.95. The highest BCUT2D eigenvalue weighted by molar-refractivity contribution is 6.06. The summed E-state index contributed by atoms with van der Waals surface area (Å²) in [5.74, 6) is 1.02. The van der Waals surface area contributed by atoms with Crippen LogP contribution in [0, 0.1) is 13.8 Å². The molecule has 2 heterocycles. The van der Waals surface area contributed by atoms with Gasteiger partial charge in [0.2, 0.25) is 0 Å². The number of morpholine rings is 1. The van der Waals surface area contributed by atoms with E-state index in [1.54, 1.807) is 12.1 Å². The predicted molar refractivity (Wildman–Crippen MR) is 117 cm³/mol. The third-order valence-corrected chi connectivity index (χ3v) is 5.41. The minimum atomic E-state index is -0.213. The number of benzene rings is 2. The molecular formula is C24H27N3O4. The molecule has 0 radical (unpaired) electrons. The van der Waals surface area contributed by atoms with Crippen LogP contribution in [0.4, 0.5) is 5.69 Å². The molecule has 0 saturated carbocycles. The summed E-state index contributed by atoms with van der Waals surface area (Å²) in [6.45, 7) is 8.36. The molecule has 0 aliphatic carbocycles. The summed E-state index contributed by atoms with van der Waals surface area (Å²) in [6, 6.07) is 15.2. The Morgan fingerprint density at radius 3 is 2.55 bits per heavy atom. The number of aryl methyl sites for hydroxylation is 2. The molecule has 0 bridgehead atoms. The van der Waals surface area contributed by atoms with Crippen molar-refractivity contribution >= 4 is 11.6 Å². The smallest absolute Gasteiger partial charge is 0.259 e. The molecule has 162 valence electrons. The second kappa shape index (κ2) is 9.76.